The number of carbonyl (C=O) groups excluding carboxylic acids is 5. The van der Waals surface area contributed by atoms with E-state index in [2.05, 4.69) is 21.3 Å². The largest absolute Gasteiger partial charge is 0.508 e. The van der Waals surface area contributed by atoms with Gasteiger partial charge in [-0.05, 0) is 24.3 Å². The van der Waals surface area contributed by atoms with Crippen molar-refractivity contribution in [2.24, 2.45) is 10.8 Å². The lowest BCUT2D eigenvalue weighted by atomic mass is 9.87. The summed E-state index contributed by atoms with van der Waals surface area (Å²) in [7, 11) is 3.07. The van der Waals surface area contributed by atoms with Crippen molar-refractivity contribution in [3.05, 3.63) is 53.1 Å². The third-order valence-corrected chi connectivity index (χ3v) is 12.8. The molecule has 0 spiro atoms. The summed E-state index contributed by atoms with van der Waals surface area (Å²) in [6.07, 6.45) is -5.08. The van der Waals surface area contributed by atoms with Gasteiger partial charge in [-0.15, -0.1) is 0 Å². The molecule has 3 aromatic rings. The van der Waals surface area contributed by atoms with Crippen molar-refractivity contribution in [2.45, 2.75) is 71.4 Å². The molecule has 1 heterocycles. The van der Waals surface area contributed by atoms with E-state index in [1.54, 1.807) is 27.7 Å². The molecule has 2 unspecified atom stereocenters. The molecule has 69 heavy (non-hydrogen) atoms. The molecule has 1 aliphatic rings. The number of rotatable bonds is 22. The molecule has 4 amide bonds. The van der Waals surface area contributed by atoms with Gasteiger partial charge in [-0.25, -0.2) is 4.79 Å². The summed E-state index contributed by atoms with van der Waals surface area (Å²) in [4.78, 5) is 60.0. The van der Waals surface area contributed by atoms with Crippen LogP contribution in [0.25, 0.3) is 0 Å². The smallest absolute Gasteiger partial charge is 0.338 e. The van der Waals surface area contributed by atoms with Crippen LogP contribution in [0.1, 0.15) is 68.1 Å². The molecule has 382 valence electrons. The van der Waals surface area contributed by atoms with E-state index in [1.807, 2.05) is 0 Å². The molecule has 0 aliphatic carbocycles. The normalized spacial score (nSPS) is 15.2. The Balaban J connectivity index is 0.000000366. The van der Waals surface area contributed by atoms with Gasteiger partial charge in [0, 0.05) is 91.0 Å². The summed E-state index contributed by atoms with van der Waals surface area (Å²) in [5.74, 6) is -6.49. The Kier molecular flexibility index (Phi) is 21.4. The Morgan fingerprint density at radius 1 is 0.638 bits per heavy atom. The summed E-state index contributed by atoms with van der Waals surface area (Å²) in [5.41, 5.74) is -1.95. The van der Waals surface area contributed by atoms with E-state index < -0.39 is 87.5 Å². The van der Waals surface area contributed by atoms with Gasteiger partial charge >= 0.3 is 5.97 Å². The molecule has 0 saturated carbocycles. The molecule has 0 radical (unpaired) electrons. The van der Waals surface area contributed by atoms with E-state index in [1.165, 1.54) is 27.7 Å². The second-order valence-electron chi connectivity index (χ2n) is 16.9. The van der Waals surface area contributed by atoms with Crippen molar-refractivity contribution in [2.75, 3.05) is 50.9 Å². The molecule has 1 aliphatic heterocycles. The molecule has 4 atom stereocenters. The maximum absolute atomic E-state index is 12.7. The maximum atomic E-state index is 12.7. The zero-order valence-corrected chi connectivity index (χ0v) is 39.7. The zero-order valence-electron chi connectivity index (χ0n) is 38.1. The number of phenolic OH excluding ortho intramolecular Hbond substituents is 8. The molecule has 0 fully saturated rings. The monoisotopic (exact) mass is 1010 g/mol. The lowest BCUT2D eigenvalue weighted by Crippen LogP contribution is -2.46. The Labute approximate surface area is 403 Å². The predicted octanol–water partition coefficient (Wildman–Crippen LogP) is 0.605. The number of aromatic hydroxyl groups is 8. The van der Waals surface area contributed by atoms with Gasteiger partial charge in [0.1, 0.15) is 35.6 Å². The number of nitrogens with one attached hydrogen (secondary N) is 4. The third-order valence-electron chi connectivity index (χ3n) is 10.3. The van der Waals surface area contributed by atoms with Gasteiger partial charge in [0.2, 0.25) is 23.6 Å². The number of aliphatic hydroxyl groups is 4. The van der Waals surface area contributed by atoms with E-state index in [0.29, 0.717) is 24.6 Å². The first-order valence-corrected chi connectivity index (χ1v) is 23.7. The second-order valence-corrected chi connectivity index (χ2v) is 19.6. The Morgan fingerprint density at radius 3 is 1.51 bits per heavy atom. The highest BCUT2D eigenvalue weighted by molar-refractivity contribution is 8.76. The number of aliphatic hydroxyl groups excluding tert-OH is 4. The van der Waals surface area contributed by atoms with Crippen molar-refractivity contribution in [3.8, 4) is 51.7 Å². The lowest BCUT2D eigenvalue weighted by Gasteiger charge is -2.34. The number of fused-ring (bicyclic) bond motifs is 1. The van der Waals surface area contributed by atoms with Crippen molar-refractivity contribution >= 4 is 51.2 Å². The third kappa shape index (κ3) is 16.7. The number of amides is 4. The Hall–Kier alpha value is -6.25. The summed E-state index contributed by atoms with van der Waals surface area (Å²) >= 11 is 0. The van der Waals surface area contributed by atoms with E-state index in [0.717, 1.165) is 30.3 Å². The van der Waals surface area contributed by atoms with E-state index >= 15 is 0 Å². The highest BCUT2D eigenvalue weighted by Gasteiger charge is 2.38. The van der Waals surface area contributed by atoms with Gasteiger partial charge in [0.15, 0.2) is 40.6 Å². The van der Waals surface area contributed by atoms with Crippen molar-refractivity contribution in [1.82, 2.24) is 21.3 Å². The number of phenols is 8. The molecular formula is C44H60N4O19S2. The summed E-state index contributed by atoms with van der Waals surface area (Å²) in [5, 5.41) is 127. The highest BCUT2D eigenvalue weighted by Crippen LogP contribution is 2.46. The van der Waals surface area contributed by atoms with Gasteiger partial charge in [0.05, 0.1) is 18.8 Å². The van der Waals surface area contributed by atoms with Crippen LogP contribution in [0.15, 0.2) is 36.4 Å². The van der Waals surface area contributed by atoms with Gasteiger partial charge in [0.25, 0.3) is 0 Å². The number of ether oxygens (including phenoxy) is 2. The van der Waals surface area contributed by atoms with Gasteiger partial charge in [-0.2, -0.15) is 0 Å². The van der Waals surface area contributed by atoms with E-state index in [4.69, 9.17) is 9.47 Å². The molecular weight excluding hydrogens is 953 g/mol. The number of hydrogen-bond donors (Lipinski definition) is 16. The number of hydrogen-bond acceptors (Lipinski definition) is 21. The molecule has 3 aromatic carbocycles. The second kappa shape index (κ2) is 25.9. The minimum Gasteiger partial charge on any atom is -0.508 e. The zero-order chi connectivity index (χ0) is 51.8. The standard InChI is InChI=1S/C22H42N4O8S2.C22H18O11/c1-21(2,13-27)17(31)19(33)25-7-5-15(29)23-9-11-35-36-12-10-24-16(30)6-8-26-20(34)18(32)22(3,4)14-28;23-10-5-12(24)11-7-18(33-22(31)9-3-15(27)20(30)16(28)4-9)21(32-17(11)6-10)8-1-13(25)19(29)14(26)2-8/h17-18,27-28,31-32H,5-14H2,1-4H3,(H,23,29)(H,24,30)(H,25,33)(H,26,34);1-6,18,21,23-30H,7H2/t;18-,21-/m.1/s1. The first-order valence-electron chi connectivity index (χ1n) is 21.2. The number of carbonyl (C=O) groups is 5. The average molecular weight is 1010 g/mol. The maximum Gasteiger partial charge on any atom is 0.338 e. The van der Waals surface area contributed by atoms with Crippen LogP contribution in [-0.2, 0) is 30.3 Å². The van der Waals surface area contributed by atoms with Crippen LogP contribution in [0.5, 0.6) is 51.7 Å². The summed E-state index contributed by atoms with van der Waals surface area (Å²) in [6.45, 7) is 6.59. The molecule has 0 saturated heterocycles. The molecule has 0 bridgehead atoms. The first kappa shape index (κ1) is 57.1. The Bertz CT molecular complexity index is 2180. The number of benzene rings is 3. The molecule has 0 aromatic heterocycles. The van der Waals surface area contributed by atoms with Crippen LogP contribution in [0.4, 0.5) is 0 Å². The average Bonchev–Trinajstić information content (AvgIpc) is 3.29. The number of esters is 1. The van der Waals surface area contributed by atoms with E-state index in [-0.39, 0.29) is 91.3 Å². The van der Waals surface area contributed by atoms with Crippen molar-refractivity contribution in [3.63, 3.8) is 0 Å². The minimum absolute atomic E-state index is 0.0526. The topological polar surface area (TPSA) is 395 Å². The fraction of sp³-hybridized carbons (Fsp3) is 0.477. The summed E-state index contributed by atoms with van der Waals surface area (Å²) < 4.78 is 11.3. The minimum atomic E-state index is -1.37. The summed E-state index contributed by atoms with van der Waals surface area (Å²) in [6, 6.07) is 6.18. The SMILES string of the molecule is CC(C)(CO)C(O)C(=O)NCCC(=O)NCCSSCCNC(=O)CCNC(=O)C(O)C(C)(C)CO.O=C(O[C@@H]1Cc2c(O)cc(O)cc2O[C@@H]1c1cc(O)c(O)c(O)c1)c1cc(O)c(O)c(O)c1. The van der Waals surface area contributed by atoms with Crippen LogP contribution in [0, 0.1) is 10.8 Å². The quantitative estimate of drug-likeness (QED) is 0.0284. The highest BCUT2D eigenvalue weighted by atomic mass is 33.1. The van der Waals surface area contributed by atoms with Crippen LogP contribution in [-0.4, -0.2) is 160 Å². The van der Waals surface area contributed by atoms with Crippen LogP contribution in [0.2, 0.25) is 0 Å². The lowest BCUT2D eigenvalue weighted by molar-refractivity contribution is -0.137. The molecule has 25 heteroatoms. The molecule has 4 rings (SSSR count). The van der Waals surface area contributed by atoms with Crippen molar-refractivity contribution in [1.29, 1.82) is 0 Å². The Morgan fingerprint density at radius 2 is 1.07 bits per heavy atom. The van der Waals surface area contributed by atoms with Gasteiger partial charge in [-0.1, -0.05) is 49.3 Å². The van der Waals surface area contributed by atoms with E-state index in [9.17, 15) is 85.3 Å². The predicted molar refractivity (Wildman–Crippen MR) is 249 cm³/mol. The fourth-order valence-electron chi connectivity index (χ4n) is 5.98. The van der Waals surface area contributed by atoms with Crippen LogP contribution < -0.4 is 26.0 Å². The van der Waals surface area contributed by atoms with Crippen LogP contribution in [0.3, 0.4) is 0 Å². The van der Waals surface area contributed by atoms with Gasteiger partial charge in [-0.3, -0.25) is 19.2 Å². The first-order chi connectivity index (χ1) is 32.3. The fourth-order valence-corrected chi connectivity index (χ4v) is 7.80. The van der Waals surface area contributed by atoms with Gasteiger partial charge < -0.3 is 92.0 Å². The van der Waals surface area contributed by atoms with Crippen LogP contribution >= 0.6 is 21.6 Å². The van der Waals surface area contributed by atoms with Crippen molar-refractivity contribution < 1.29 is 94.7 Å². The molecule has 16 N–H and O–H groups in total. The molecule has 23 nitrogen and oxygen atoms in total.